The smallest absolute Gasteiger partial charge is 0.236 e. The van der Waals surface area contributed by atoms with Gasteiger partial charge in [0.15, 0.2) is 0 Å². The quantitative estimate of drug-likeness (QED) is 0.735. The van der Waals surface area contributed by atoms with Gasteiger partial charge in [0, 0.05) is 19.8 Å². The molecule has 0 fully saturated rings. The number of anilines is 1. The molecule has 0 saturated carbocycles. The summed E-state index contributed by atoms with van der Waals surface area (Å²) in [4.78, 5) is 0. The summed E-state index contributed by atoms with van der Waals surface area (Å²) in [6.07, 6.45) is 3.09. The van der Waals surface area contributed by atoms with Crippen molar-refractivity contribution in [3.63, 3.8) is 0 Å². The molecule has 0 amide bonds. The lowest BCUT2D eigenvalue weighted by Gasteiger charge is -2.12. The van der Waals surface area contributed by atoms with Gasteiger partial charge in [0.05, 0.1) is 17.1 Å². The zero-order valence-corrected chi connectivity index (χ0v) is 9.87. The fourth-order valence-electron chi connectivity index (χ4n) is 1.14. The lowest BCUT2D eigenvalue weighted by molar-refractivity contribution is 0.584. The standard InChI is InChI=1S/C8H16N4O2S/c1-7(4-9-2)15(13,14)11-8-5-10-12(3)6-8/h5-7,9,11H,4H2,1-3H3. The second kappa shape index (κ2) is 4.63. The van der Waals surface area contributed by atoms with Crippen molar-refractivity contribution in [2.75, 3.05) is 18.3 Å². The average Bonchev–Trinajstić information content (AvgIpc) is 2.50. The molecule has 0 radical (unpaired) electrons. The molecule has 1 aromatic heterocycles. The van der Waals surface area contributed by atoms with E-state index in [0.717, 1.165) is 0 Å². The lowest BCUT2D eigenvalue weighted by Crippen LogP contribution is -2.33. The van der Waals surface area contributed by atoms with Crippen LogP contribution in [-0.2, 0) is 17.1 Å². The molecule has 6 nitrogen and oxygen atoms in total. The van der Waals surface area contributed by atoms with Crippen molar-refractivity contribution in [3.8, 4) is 0 Å². The summed E-state index contributed by atoms with van der Waals surface area (Å²) in [5, 5.41) is 6.22. The number of aryl methyl sites for hydroxylation is 1. The van der Waals surface area contributed by atoms with Gasteiger partial charge in [-0.05, 0) is 14.0 Å². The zero-order chi connectivity index (χ0) is 11.5. The van der Waals surface area contributed by atoms with E-state index >= 15 is 0 Å². The van der Waals surface area contributed by atoms with E-state index in [0.29, 0.717) is 12.2 Å². The van der Waals surface area contributed by atoms with E-state index in [2.05, 4.69) is 15.1 Å². The van der Waals surface area contributed by atoms with Gasteiger partial charge < -0.3 is 5.32 Å². The molecule has 0 aliphatic rings. The van der Waals surface area contributed by atoms with Crippen LogP contribution in [0.1, 0.15) is 6.92 Å². The second-order valence-electron chi connectivity index (χ2n) is 3.42. The Kier molecular flexibility index (Phi) is 3.70. The van der Waals surface area contributed by atoms with Crippen LogP contribution in [0.15, 0.2) is 12.4 Å². The predicted octanol–water partition coefficient (Wildman–Crippen LogP) is -0.230. The van der Waals surface area contributed by atoms with Gasteiger partial charge >= 0.3 is 0 Å². The van der Waals surface area contributed by atoms with Crippen molar-refractivity contribution in [3.05, 3.63) is 12.4 Å². The fourth-order valence-corrected chi connectivity index (χ4v) is 2.16. The molecule has 86 valence electrons. The van der Waals surface area contributed by atoms with Crippen molar-refractivity contribution in [1.29, 1.82) is 0 Å². The van der Waals surface area contributed by atoms with Gasteiger partial charge in [0.2, 0.25) is 10.0 Å². The third-order valence-corrected chi connectivity index (χ3v) is 3.73. The average molecular weight is 232 g/mol. The molecule has 0 aliphatic carbocycles. The Hall–Kier alpha value is -1.08. The van der Waals surface area contributed by atoms with Gasteiger partial charge in [-0.1, -0.05) is 0 Å². The first-order chi connectivity index (χ1) is 6.95. The second-order valence-corrected chi connectivity index (χ2v) is 5.52. The molecule has 1 atom stereocenters. The van der Waals surface area contributed by atoms with E-state index < -0.39 is 15.3 Å². The lowest BCUT2D eigenvalue weighted by atomic mass is 10.5. The molecule has 0 saturated heterocycles. The molecule has 1 heterocycles. The Morgan fingerprint density at radius 2 is 2.27 bits per heavy atom. The first-order valence-corrected chi connectivity index (χ1v) is 6.15. The number of rotatable bonds is 5. The molecule has 15 heavy (non-hydrogen) atoms. The van der Waals surface area contributed by atoms with Crippen molar-refractivity contribution < 1.29 is 8.42 Å². The highest BCUT2D eigenvalue weighted by atomic mass is 32.2. The highest BCUT2D eigenvalue weighted by Gasteiger charge is 2.20. The van der Waals surface area contributed by atoms with Gasteiger partial charge in [0.1, 0.15) is 0 Å². The minimum absolute atomic E-state index is 0.412. The van der Waals surface area contributed by atoms with Crippen LogP contribution in [0.2, 0.25) is 0 Å². The summed E-state index contributed by atoms with van der Waals surface area (Å²) in [5.74, 6) is 0. The summed E-state index contributed by atoms with van der Waals surface area (Å²) in [6.45, 7) is 2.06. The molecule has 1 rings (SSSR count). The molecular weight excluding hydrogens is 216 g/mol. The van der Waals surface area contributed by atoms with Crippen LogP contribution in [-0.4, -0.2) is 37.0 Å². The van der Waals surface area contributed by atoms with Crippen molar-refractivity contribution in [1.82, 2.24) is 15.1 Å². The van der Waals surface area contributed by atoms with Crippen molar-refractivity contribution in [2.45, 2.75) is 12.2 Å². The normalized spacial score (nSPS) is 13.8. The van der Waals surface area contributed by atoms with E-state index in [9.17, 15) is 8.42 Å². The first kappa shape index (κ1) is 12.0. The third kappa shape index (κ3) is 3.21. The van der Waals surface area contributed by atoms with E-state index in [4.69, 9.17) is 0 Å². The summed E-state index contributed by atoms with van der Waals surface area (Å²) in [6, 6.07) is 0. The summed E-state index contributed by atoms with van der Waals surface area (Å²) in [7, 11) is 0.121. The van der Waals surface area contributed by atoms with Gasteiger partial charge in [0.25, 0.3) is 0 Å². The van der Waals surface area contributed by atoms with Gasteiger partial charge in [-0.3, -0.25) is 9.40 Å². The highest BCUT2D eigenvalue weighted by Crippen LogP contribution is 2.09. The van der Waals surface area contributed by atoms with Crippen molar-refractivity contribution >= 4 is 15.7 Å². The predicted molar refractivity (Wildman–Crippen MR) is 59.1 cm³/mol. The van der Waals surface area contributed by atoms with E-state index in [1.54, 1.807) is 31.9 Å². The maximum atomic E-state index is 11.7. The largest absolute Gasteiger partial charge is 0.318 e. The van der Waals surface area contributed by atoms with Gasteiger partial charge in [-0.2, -0.15) is 5.10 Å². The Morgan fingerprint density at radius 3 is 2.73 bits per heavy atom. The van der Waals surface area contributed by atoms with Crippen LogP contribution < -0.4 is 10.0 Å². The number of aromatic nitrogens is 2. The first-order valence-electron chi connectivity index (χ1n) is 4.60. The van der Waals surface area contributed by atoms with Crippen LogP contribution in [0, 0.1) is 0 Å². The van der Waals surface area contributed by atoms with E-state index in [-0.39, 0.29) is 0 Å². The van der Waals surface area contributed by atoms with E-state index in [1.807, 2.05) is 0 Å². The van der Waals surface area contributed by atoms with Crippen LogP contribution in [0.5, 0.6) is 0 Å². The third-order valence-electron chi connectivity index (χ3n) is 1.99. The van der Waals surface area contributed by atoms with Crippen LogP contribution in [0.25, 0.3) is 0 Å². The Morgan fingerprint density at radius 1 is 1.60 bits per heavy atom. The highest BCUT2D eigenvalue weighted by molar-refractivity contribution is 7.93. The number of hydrogen-bond acceptors (Lipinski definition) is 4. The Labute approximate surface area is 89.7 Å². The molecule has 0 aliphatic heterocycles. The maximum absolute atomic E-state index is 11.7. The van der Waals surface area contributed by atoms with Crippen LogP contribution >= 0.6 is 0 Å². The monoisotopic (exact) mass is 232 g/mol. The maximum Gasteiger partial charge on any atom is 0.236 e. The molecule has 2 N–H and O–H groups in total. The Bertz CT molecular complexity index is 412. The topological polar surface area (TPSA) is 76.0 Å². The number of nitrogens with one attached hydrogen (secondary N) is 2. The van der Waals surface area contributed by atoms with Crippen LogP contribution in [0.3, 0.4) is 0 Å². The fraction of sp³-hybridized carbons (Fsp3) is 0.625. The van der Waals surface area contributed by atoms with Crippen LogP contribution in [0.4, 0.5) is 5.69 Å². The summed E-state index contributed by atoms with van der Waals surface area (Å²) >= 11 is 0. The molecule has 7 heteroatoms. The number of sulfonamides is 1. The van der Waals surface area contributed by atoms with Gasteiger partial charge in [-0.25, -0.2) is 8.42 Å². The zero-order valence-electron chi connectivity index (χ0n) is 9.06. The summed E-state index contributed by atoms with van der Waals surface area (Å²) < 4.78 is 27.4. The van der Waals surface area contributed by atoms with Crippen molar-refractivity contribution in [2.24, 2.45) is 7.05 Å². The molecule has 0 bridgehead atoms. The number of hydrogen-bond donors (Lipinski definition) is 2. The summed E-state index contributed by atoms with van der Waals surface area (Å²) in [5.41, 5.74) is 0.487. The molecular formula is C8H16N4O2S. The van der Waals surface area contributed by atoms with E-state index in [1.165, 1.54) is 6.20 Å². The minimum atomic E-state index is -3.33. The Balaban J connectivity index is 2.72. The SMILES string of the molecule is CNCC(C)S(=O)(=O)Nc1cnn(C)c1. The molecule has 1 aromatic rings. The number of nitrogens with zero attached hydrogens (tertiary/aromatic N) is 2. The molecule has 0 spiro atoms. The minimum Gasteiger partial charge on any atom is -0.318 e. The molecule has 1 unspecified atom stereocenters. The molecule has 0 aromatic carbocycles. The van der Waals surface area contributed by atoms with Gasteiger partial charge in [-0.15, -0.1) is 0 Å².